The van der Waals surface area contributed by atoms with Crippen molar-refractivity contribution < 1.29 is 19.4 Å². The minimum Gasteiger partial charge on any atom is -0.479 e. The van der Waals surface area contributed by atoms with Crippen molar-refractivity contribution in [3.05, 3.63) is 71.8 Å². The van der Waals surface area contributed by atoms with Gasteiger partial charge in [-0.2, -0.15) is 11.8 Å². The van der Waals surface area contributed by atoms with Gasteiger partial charge in [-0.05, 0) is 23.3 Å². The van der Waals surface area contributed by atoms with Crippen LogP contribution in [0.3, 0.4) is 0 Å². The van der Waals surface area contributed by atoms with Crippen LogP contribution in [-0.2, 0) is 14.3 Å². The summed E-state index contributed by atoms with van der Waals surface area (Å²) in [4.78, 5) is 23.9. The Bertz CT molecular complexity index is 705. The van der Waals surface area contributed by atoms with Crippen molar-refractivity contribution >= 4 is 23.6 Å². The van der Waals surface area contributed by atoms with Crippen molar-refractivity contribution in [1.29, 1.82) is 0 Å². The van der Waals surface area contributed by atoms with E-state index in [1.807, 2.05) is 60.7 Å². The predicted octanol–water partition coefficient (Wildman–Crippen LogP) is 2.87. The van der Waals surface area contributed by atoms with Crippen molar-refractivity contribution in [2.24, 2.45) is 0 Å². The molecule has 0 radical (unpaired) electrons. The SMILES string of the molecule is O=C(COC(c1ccccc1)c1ccccc1)NC1(C(=O)O)CCSC1. The van der Waals surface area contributed by atoms with Crippen LogP contribution in [0.4, 0.5) is 0 Å². The van der Waals surface area contributed by atoms with Gasteiger partial charge in [-0.1, -0.05) is 60.7 Å². The molecule has 136 valence electrons. The summed E-state index contributed by atoms with van der Waals surface area (Å²) in [5, 5.41) is 12.1. The second kappa shape index (κ2) is 8.38. The molecule has 1 fully saturated rings. The number of ether oxygens (including phenoxy) is 1. The fraction of sp³-hybridized carbons (Fsp3) is 0.300. The Balaban J connectivity index is 1.70. The summed E-state index contributed by atoms with van der Waals surface area (Å²) in [7, 11) is 0. The molecule has 3 rings (SSSR count). The molecule has 2 aromatic rings. The van der Waals surface area contributed by atoms with Crippen LogP contribution in [0, 0.1) is 0 Å². The zero-order chi connectivity index (χ0) is 18.4. The van der Waals surface area contributed by atoms with E-state index in [9.17, 15) is 14.7 Å². The molecule has 5 nitrogen and oxygen atoms in total. The van der Waals surface area contributed by atoms with Gasteiger partial charge in [0.2, 0.25) is 5.91 Å². The number of rotatable bonds is 7. The van der Waals surface area contributed by atoms with Crippen LogP contribution in [0.15, 0.2) is 60.7 Å². The molecule has 6 heteroatoms. The fourth-order valence-corrected chi connectivity index (χ4v) is 4.31. The predicted molar refractivity (Wildman–Crippen MR) is 101 cm³/mol. The lowest BCUT2D eigenvalue weighted by molar-refractivity contribution is -0.147. The Morgan fingerprint density at radius 2 is 1.65 bits per heavy atom. The third-order valence-corrected chi connectivity index (χ3v) is 5.59. The van der Waals surface area contributed by atoms with Gasteiger partial charge in [0.15, 0.2) is 0 Å². The zero-order valence-electron chi connectivity index (χ0n) is 14.3. The Morgan fingerprint density at radius 3 is 2.12 bits per heavy atom. The van der Waals surface area contributed by atoms with Crippen molar-refractivity contribution in [2.75, 3.05) is 18.1 Å². The van der Waals surface area contributed by atoms with E-state index in [4.69, 9.17) is 4.74 Å². The van der Waals surface area contributed by atoms with Crippen molar-refractivity contribution in [1.82, 2.24) is 5.32 Å². The molecule has 0 aromatic heterocycles. The second-order valence-electron chi connectivity index (χ2n) is 6.25. The van der Waals surface area contributed by atoms with E-state index in [-0.39, 0.29) is 12.7 Å². The van der Waals surface area contributed by atoms with Gasteiger partial charge in [0.1, 0.15) is 18.2 Å². The van der Waals surface area contributed by atoms with Crippen LogP contribution in [0.1, 0.15) is 23.7 Å². The second-order valence-corrected chi connectivity index (χ2v) is 7.36. The number of carbonyl (C=O) groups excluding carboxylic acids is 1. The molecular weight excluding hydrogens is 350 g/mol. The van der Waals surface area contributed by atoms with Crippen LogP contribution in [0.5, 0.6) is 0 Å². The number of aliphatic carboxylic acids is 1. The number of nitrogens with one attached hydrogen (secondary N) is 1. The molecule has 1 heterocycles. The summed E-state index contributed by atoms with van der Waals surface area (Å²) in [6.07, 6.45) is 0.0430. The molecule has 1 aliphatic heterocycles. The summed E-state index contributed by atoms with van der Waals surface area (Å²) in [6, 6.07) is 19.3. The lowest BCUT2D eigenvalue weighted by atomic mass is 9.99. The van der Waals surface area contributed by atoms with Crippen LogP contribution in [0.2, 0.25) is 0 Å². The smallest absolute Gasteiger partial charge is 0.330 e. The maximum atomic E-state index is 12.4. The van der Waals surface area contributed by atoms with Crippen LogP contribution in [-0.4, -0.2) is 40.6 Å². The number of benzene rings is 2. The summed E-state index contributed by atoms with van der Waals surface area (Å²) in [5.41, 5.74) is 0.701. The highest BCUT2D eigenvalue weighted by Gasteiger charge is 2.43. The molecule has 0 aliphatic carbocycles. The minimum atomic E-state index is -1.18. The zero-order valence-corrected chi connectivity index (χ0v) is 15.1. The standard InChI is InChI=1S/C20H21NO4S/c22-17(21-20(19(23)24)11-12-26-14-20)13-25-18(15-7-3-1-4-8-15)16-9-5-2-6-10-16/h1-10,18H,11-14H2,(H,21,22)(H,23,24). The maximum absolute atomic E-state index is 12.4. The van der Waals surface area contributed by atoms with Crippen molar-refractivity contribution in [2.45, 2.75) is 18.1 Å². The molecule has 0 bridgehead atoms. The topological polar surface area (TPSA) is 75.6 Å². The summed E-state index contributed by atoms with van der Waals surface area (Å²) < 4.78 is 5.90. The first-order valence-corrected chi connectivity index (χ1v) is 9.60. The highest BCUT2D eigenvalue weighted by Crippen LogP contribution is 2.29. The lowest BCUT2D eigenvalue weighted by Crippen LogP contribution is -2.55. The van der Waals surface area contributed by atoms with E-state index >= 15 is 0 Å². The van der Waals surface area contributed by atoms with Crippen molar-refractivity contribution in [3.63, 3.8) is 0 Å². The van der Waals surface area contributed by atoms with Gasteiger partial charge in [-0.15, -0.1) is 0 Å². The Hall–Kier alpha value is -2.31. The van der Waals surface area contributed by atoms with Crippen LogP contribution < -0.4 is 5.32 Å². The molecule has 1 atom stereocenters. The summed E-state index contributed by atoms with van der Waals surface area (Å²) in [6.45, 7) is -0.200. The van der Waals surface area contributed by atoms with E-state index in [1.54, 1.807) is 0 Å². The lowest BCUT2D eigenvalue weighted by Gasteiger charge is -2.25. The Labute approximate surface area is 156 Å². The van der Waals surface area contributed by atoms with Gasteiger partial charge in [0, 0.05) is 5.75 Å². The quantitative estimate of drug-likeness (QED) is 0.783. The van der Waals surface area contributed by atoms with Gasteiger partial charge in [-0.25, -0.2) is 4.79 Å². The first kappa shape index (κ1) is 18.5. The number of carboxylic acid groups (broad SMARTS) is 1. The Kier molecular flexibility index (Phi) is 5.96. The summed E-state index contributed by atoms with van der Waals surface area (Å²) in [5.74, 6) is -0.288. The van der Waals surface area contributed by atoms with Gasteiger partial charge < -0.3 is 15.2 Å². The number of amides is 1. The molecule has 1 unspecified atom stereocenters. The molecule has 2 aromatic carbocycles. The minimum absolute atomic E-state index is 0.200. The number of hydrogen-bond donors (Lipinski definition) is 2. The average molecular weight is 371 g/mol. The molecule has 0 saturated carbocycles. The number of carbonyl (C=O) groups is 2. The fourth-order valence-electron chi connectivity index (χ4n) is 2.99. The van der Waals surface area contributed by atoms with E-state index in [1.165, 1.54) is 11.8 Å². The first-order valence-electron chi connectivity index (χ1n) is 8.44. The maximum Gasteiger partial charge on any atom is 0.330 e. The first-order chi connectivity index (χ1) is 12.6. The third kappa shape index (κ3) is 4.26. The molecular formula is C20H21NO4S. The molecule has 0 spiro atoms. The highest BCUT2D eigenvalue weighted by atomic mass is 32.2. The number of carboxylic acids is 1. The van der Waals surface area contributed by atoms with E-state index in [2.05, 4.69) is 5.32 Å². The van der Waals surface area contributed by atoms with Gasteiger partial charge >= 0.3 is 5.97 Å². The average Bonchev–Trinajstić information content (AvgIpc) is 3.13. The summed E-state index contributed by atoms with van der Waals surface area (Å²) >= 11 is 1.53. The third-order valence-electron chi connectivity index (χ3n) is 4.40. The normalized spacial score (nSPS) is 19.4. The van der Waals surface area contributed by atoms with Gasteiger partial charge in [0.25, 0.3) is 0 Å². The van der Waals surface area contributed by atoms with Gasteiger partial charge in [0.05, 0.1) is 0 Å². The van der Waals surface area contributed by atoms with E-state index in [0.29, 0.717) is 12.2 Å². The molecule has 1 amide bonds. The van der Waals surface area contributed by atoms with Gasteiger partial charge in [-0.3, -0.25) is 4.79 Å². The molecule has 26 heavy (non-hydrogen) atoms. The monoisotopic (exact) mass is 371 g/mol. The van der Waals surface area contributed by atoms with Crippen LogP contribution >= 0.6 is 11.8 Å². The molecule has 1 saturated heterocycles. The van der Waals surface area contributed by atoms with Crippen molar-refractivity contribution in [3.8, 4) is 0 Å². The van der Waals surface area contributed by atoms with E-state index < -0.39 is 17.4 Å². The Morgan fingerprint density at radius 1 is 1.08 bits per heavy atom. The molecule has 1 aliphatic rings. The van der Waals surface area contributed by atoms with Crippen LogP contribution in [0.25, 0.3) is 0 Å². The largest absolute Gasteiger partial charge is 0.479 e. The van der Waals surface area contributed by atoms with E-state index in [0.717, 1.165) is 16.9 Å². The number of thioether (sulfide) groups is 1. The highest BCUT2D eigenvalue weighted by molar-refractivity contribution is 7.99. The number of hydrogen-bond acceptors (Lipinski definition) is 4. The molecule has 2 N–H and O–H groups in total.